The first-order valence-corrected chi connectivity index (χ1v) is 10.6. The molecule has 0 amide bonds. The van der Waals surface area contributed by atoms with Gasteiger partial charge >= 0.3 is 5.97 Å². The van der Waals surface area contributed by atoms with Crippen LogP contribution in [0.1, 0.15) is 32.0 Å². The summed E-state index contributed by atoms with van der Waals surface area (Å²) in [6.45, 7) is 2.53. The Morgan fingerprint density at radius 3 is 2.70 bits per heavy atom. The van der Waals surface area contributed by atoms with E-state index in [1.54, 1.807) is 4.57 Å². The predicted molar refractivity (Wildman–Crippen MR) is 112 cm³/mol. The summed E-state index contributed by atoms with van der Waals surface area (Å²) in [6, 6.07) is 7.92. The smallest absolute Gasteiger partial charge is 0.305 e. The highest BCUT2D eigenvalue weighted by Gasteiger charge is 2.17. The van der Waals surface area contributed by atoms with Crippen molar-refractivity contribution < 1.29 is 9.53 Å². The summed E-state index contributed by atoms with van der Waals surface area (Å²) >= 11 is 4.94. The zero-order valence-electron chi connectivity index (χ0n) is 15.3. The second-order valence-electron chi connectivity index (χ2n) is 6.25. The van der Waals surface area contributed by atoms with E-state index in [0.29, 0.717) is 18.4 Å². The van der Waals surface area contributed by atoms with Crippen molar-refractivity contribution in [2.45, 2.75) is 39.2 Å². The van der Waals surface area contributed by atoms with E-state index in [0.717, 1.165) is 39.1 Å². The van der Waals surface area contributed by atoms with E-state index < -0.39 is 0 Å². The summed E-state index contributed by atoms with van der Waals surface area (Å²) in [4.78, 5) is 30.2. The van der Waals surface area contributed by atoms with Crippen LogP contribution in [0.2, 0.25) is 0 Å². The topological polar surface area (TPSA) is 61.2 Å². The van der Waals surface area contributed by atoms with Gasteiger partial charge in [0, 0.05) is 34.8 Å². The molecule has 0 N–H and O–H groups in total. The average molecular weight is 449 g/mol. The van der Waals surface area contributed by atoms with Crippen LogP contribution in [-0.2, 0) is 22.5 Å². The number of esters is 1. The van der Waals surface area contributed by atoms with Gasteiger partial charge in [-0.3, -0.25) is 14.2 Å². The van der Waals surface area contributed by atoms with Gasteiger partial charge in [-0.25, -0.2) is 4.98 Å². The minimum atomic E-state index is -0.264. The summed E-state index contributed by atoms with van der Waals surface area (Å²) in [5.41, 5.74) is 1.87. The fourth-order valence-corrected chi connectivity index (χ4v) is 4.26. The minimum absolute atomic E-state index is 0.0347. The van der Waals surface area contributed by atoms with Crippen LogP contribution in [0.3, 0.4) is 0 Å². The SMILES string of the molecule is CCCc1nc2scc(-c3ccc(Br)cc3)c2c(=O)n1CCCC(=O)OC. The molecule has 142 valence electrons. The second kappa shape index (κ2) is 8.80. The van der Waals surface area contributed by atoms with E-state index in [4.69, 9.17) is 9.72 Å². The number of rotatable bonds is 7. The molecule has 2 aromatic heterocycles. The number of nitrogens with zero attached hydrogens (tertiary/aromatic N) is 2. The standard InChI is InChI=1S/C20H21BrN2O3S/c1-3-5-16-22-19-18(20(25)23(16)11-4-6-17(24)26-2)15(12-27-19)13-7-9-14(21)10-8-13/h7-10,12H,3-6,11H2,1-2H3. The Bertz CT molecular complexity index is 1010. The fraction of sp³-hybridized carbons (Fsp3) is 0.350. The Hall–Kier alpha value is -1.99. The number of fused-ring (bicyclic) bond motifs is 1. The molecule has 3 aromatic rings. The number of ether oxygens (including phenoxy) is 1. The molecule has 0 aliphatic rings. The number of benzene rings is 1. The van der Waals surface area contributed by atoms with Crippen LogP contribution >= 0.6 is 27.3 Å². The molecule has 0 bridgehead atoms. The molecular weight excluding hydrogens is 428 g/mol. The maximum absolute atomic E-state index is 13.3. The first kappa shape index (κ1) is 19.8. The van der Waals surface area contributed by atoms with E-state index in [9.17, 15) is 9.59 Å². The highest BCUT2D eigenvalue weighted by atomic mass is 79.9. The summed E-state index contributed by atoms with van der Waals surface area (Å²) in [7, 11) is 1.38. The molecule has 27 heavy (non-hydrogen) atoms. The lowest BCUT2D eigenvalue weighted by Gasteiger charge is -2.12. The molecular formula is C20H21BrN2O3S. The van der Waals surface area contributed by atoms with Crippen molar-refractivity contribution in [3.05, 3.63) is 50.3 Å². The molecule has 0 atom stereocenters. The number of hydrogen-bond donors (Lipinski definition) is 0. The Balaban J connectivity index is 2.06. The molecule has 7 heteroatoms. The number of halogens is 1. The van der Waals surface area contributed by atoms with Gasteiger partial charge in [-0.05, 0) is 30.5 Å². The summed E-state index contributed by atoms with van der Waals surface area (Å²) in [6.07, 6.45) is 2.47. The van der Waals surface area contributed by atoms with E-state index >= 15 is 0 Å². The van der Waals surface area contributed by atoms with Crippen molar-refractivity contribution in [3.8, 4) is 11.1 Å². The Morgan fingerprint density at radius 2 is 2.04 bits per heavy atom. The zero-order valence-corrected chi connectivity index (χ0v) is 17.7. The third kappa shape index (κ3) is 4.30. The van der Waals surface area contributed by atoms with E-state index in [1.165, 1.54) is 18.4 Å². The first-order valence-electron chi connectivity index (χ1n) is 8.88. The molecule has 2 heterocycles. The Labute approximate surface area is 170 Å². The van der Waals surface area contributed by atoms with Crippen LogP contribution < -0.4 is 5.56 Å². The number of carbonyl (C=O) groups is 1. The summed E-state index contributed by atoms with van der Waals surface area (Å²) in [5, 5.41) is 2.65. The van der Waals surface area contributed by atoms with Gasteiger partial charge in [0.1, 0.15) is 10.7 Å². The highest BCUT2D eigenvalue weighted by molar-refractivity contribution is 9.10. The third-order valence-electron chi connectivity index (χ3n) is 4.39. The van der Waals surface area contributed by atoms with Crippen molar-refractivity contribution in [2.75, 3.05) is 7.11 Å². The van der Waals surface area contributed by atoms with Crippen LogP contribution in [0.25, 0.3) is 21.3 Å². The van der Waals surface area contributed by atoms with Crippen LogP contribution in [0.5, 0.6) is 0 Å². The molecule has 0 spiro atoms. The van der Waals surface area contributed by atoms with E-state index in [2.05, 4.69) is 22.9 Å². The van der Waals surface area contributed by atoms with Gasteiger partial charge in [-0.1, -0.05) is 35.0 Å². The van der Waals surface area contributed by atoms with Crippen LogP contribution in [-0.4, -0.2) is 22.6 Å². The molecule has 3 rings (SSSR count). The van der Waals surface area contributed by atoms with Gasteiger partial charge in [0.2, 0.25) is 0 Å². The summed E-state index contributed by atoms with van der Waals surface area (Å²) in [5.74, 6) is 0.518. The quantitative estimate of drug-likeness (QED) is 0.487. The van der Waals surface area contributed by atoms with Crippen molar-refractivity contribution in [2.24, 2.45) is 0 Å². The molecule has 0 saturated carbocycles. The van der Waals surface area contributed by atoms with Crippen LogP contribution in [0.15, 0.2) is 38.9 Å². The lowest BCUT2D eigenvalue weighted by atomic mass is 10.1. The first-order chi connectivity index (χ1) is 13.0. The minimum Gasteiger partial charge on any atom is -0.469 e. The Morgan fingerprint density at radius 1 is 1.30 bits per heavy atom. The lowest BCUT2D eigenvalue weighted by Crippen LogP contribution is -2.25. The van der Waals surface area contributed by atoms with Crippen LogP contribution in [0.4, 0.5) is 0 Å². The van der Waals surface area contributed by atoms with Crippen LogP contribution in [0, 0.1) is 0 Å². The van der Waals surface area contributed by atoms with Crippen molar-refractivity contribution in [3.63, 3.8) is 0 Å². The van der Waals surface area contributed by atoms with Gasteiger partial charge in [0.25, 0.3) is 5.56 Å². The molecule has 0 unspecified atom stereocenters. The summed E-state index contributed by atoms with van der Waals surface area (Å²) < 4.78 is 7.42. The molecule has 1 aromatic carbocycles. The van der Waals surface area contributed by atoms with Gasteiger partial charge in [0.05, 0.1) is 12.5 Å². The largest absolute Gasteiger partial charge is 0.469 e. The van der Waals surface area contributed by atoms with Gasteiger partial charge in [-0.2, -0.15) is 0 Å². The predicted octanol–water partition coefficient (Wildman–Crippen LogP) is 4.79. The molecule has 0 radical (unpaired) electrons. The van der Waals surface area contributed by atoms with E-state index in [1.807, 2.05) is 29.6 Å². The molecule has 5 nitrogen and oxygen atoms in total. The number of hydrogen-bond acceptors (Lipinski definition) is 5. The lowest BCUT2D eigenvalue weighted by molar-refractivity contribution is -0.140. The number of carbonyl (C=O) groups excluding carboxylic acids is 1. The maximum atomic E-state index is 13.3. The molecule has 0 fully saturated rings. The Kier molecular flexibility index (Phi) is 6.44. The van der Waals surface area contributed by atoms with Gasteiger partial charge < -0.3 is 4.74 Å². The van der Waals surface area contributed by atoms with Gasteiger partial charge in [-0.15, -0.1) is 11.3 Å². The molecule has 0 aliphatic heterocycles. The molecule has 0 aliphatic carbocycles. The third-order valence-corrected chi connectivity index (χ3v) is 5.79. The van der Waals surface area contributed by atoms with Gasteiger partial charge in [0.15, 0.2) is 0 Å². The number of aryl methyl sites for hydroxylation is 1. The normalized spacial score (nSPS) is 11.1. The fourth-order valence-electron chi connectivity index (χ4n) is 3.04. The number of methoxy groups -OCH3 is 1. The number of aromatic nitrogens is 2. The van der Waals surface area contributed by atoms with E-state index in [-0.39, 0.29) is 17.9 Å². The monoisotopic (exact) mass is 448 g/mol. The molecule has 0 saturated heterocycles. The highest BCUT2D eigenvalue weighted by Crippen LogP contribution is 2.31. The van der Waals surface area contributed by atoms with Crippen molar-refractivity contribution >= 4 is 43.5 Å². The average Bonchev–Trinajstić information content (AvgIpc) is 3.09. The maximum Gasteiger partial charge on any atom is 0.305 e. The zero-order chi connectivity index (χ0) is 19.4. The number of thiophene rings is 1. The van der Waals surface area contributed by atoms with Crippen molar-refractivity contribution in [1.82, 2.24) is 9.55 Å². The van der Waals surface area contributed by atoms with Crippen molar-refractivity contribution in [1.29, 1.82) is 0 Å². The second-order valence-corrected chi connectivity index (χ2v) is 8.02.